The maximum atomic E-state index is 13.8. The molecule has 5 heteroatoms. The number of aromatic amines is 2. The van der Waals surface area contributed by atoms with Crippen LogP contribution in [-0.4, -0.2) is 21.8 Å². The zero-order valence-electron chi connectivity index (χ0n) is 16.6. The fraction of sp³-hybridized carbons (Fsp3) is 0.0769. The van der Waals surface area contributed by atoms with Crippen LogP contribution in [0.1, 0.15) is 23.0 Å². The summed E-state index contributed by atoms with van der Waals surface area (Å²) in [6, 6.07) is 25.0. The molecule has 3 aromatic carbocycles. The smallest absolute Gasteiger partial charge is 0.242 e. The van der Waals surface area contributed by atoms with Gasteiger partial charge in [0.05, 0.1) is 17.5 Å². The van der Waals surface area contributed by atoms with E-state index in [1.165, 1.54) is 4.90 Å². The number of imide groups is 1. The summed E-state index contributed by atoms with van der Waals surface area (Å²) in [5, 5.41) is 1.93. The van der Waals surface area contributed by atoms with Gasteiger partial charge in [0.25, 0.3) is 0 Å². The molecule has 0 radical (unpaired) electrons. The molecular formula is C26H19N3O2. The van der Waals surface area contributed by atoms with Crippen LogP contribution in [-0.2, 0) is 9.59 Å². The molecule has 1 aliphatic rings. The number of carbonyl (C=O) groups is 2. The van der Waals surface area contributed by atoms with E-state index in [0.29, 0.717) is 5.69 Å². The van der Waals surface area contributed by atoms with E-state index >= 15 is 0 Å². The number of carbonyl (C=O) groups excluding carboxylic acids is 2. The SMILES string of the molecule is O=C1C(c2c[nH]c3ccccc23)C(c2c[nH]c3ccccc23)C(=O)N1c1ccccc1. The van der Waals surface area contributed by atoms with Gasteiger partial charge in [-0.15, -0.1) is 0 Å². The van der Waals surface area contributed by atoms with Crippen molar-refractivity contribution < 1.29 is 9.59 Å². The van der Waals surface area contributed by atoms with Gasteiger partial charge in [-0.05, 0) is 35.4 Å². The Kier molecular flexibility index (Phi) is 3.83. The minimum Gasteiger partial charge on any atom is -0.361 e. The van der Waals surface area contributed by atoms with Crippen LogP contribution in [0.5, 0.6) is 0 Å². The first-order chi connectivity index (χ1) is 15.2. The number of para-hydroxylation sites is 3. The summed E-state index contributed by atoms with van der Waals surface area (Å²) < 4.78 is 0. The largest absolute Gasteiger partial charge is 0.361 e. The Morgan fingerprint density at radius 2 is 1.03 bits per heavy atom. The summed E-state index contributed by atoms with van der Waals surface area (Å²) in [4.78, 5) is 35.4. The zero-order valence-corrected chi connectivity index (χ0v) is 16.6. The number of nitrogens with one attached hydrogen (secondary N) is 2. The van der Waals surface area contributed by atoms with Crippen LogP contribution in [0.25, 0.3) is 21.8 Å². The van der Waals surface area contributed by atoms with Crippen LogP contribution < -0.4 is 4.90 Å². The van der Waals surface area contributed by atoms with Crippen molar-refractivity contribution in [3.63, 3.8) is 0 Å². The van der Waals surface area contributed by atoms with Crippen molar-refractivity contribution in [2.75, 3.05) is 4.90 Å². The van der Waals surface area contributed by atoms with Crippen molar-refractivity contribution in [2.24, 2.45) is 0 Å². The third kappa shape index (κ3) is 2.56. The number of hydrogen-bond acceptors (Lipinski definition) is 2. The molecule has 0 aliphatic carbocycles. The van der Waals surface area contributed by atoms with Crippen molar-refractivity contribution in [1.29, 1.82) is 0 Å². The second-order valence-electron chi connectivity index (χ2n) is 7.88. The number of nitrogens with zero attached hydrogens (tertiary/aromatic N) is 1. The number of fused-ring (bicyclic) bond motifs is 2. The average Bonchev–Trinajstić information content (AvgIpc) is 3.48. The predicted octanol–water partition coefficient (Wildman–Crippen LogP) is 5.09. The Bertz CT molecular complexity index is 1360. The van der Waals surface area contributed by atoms with Crippen LogP contribution in [0.2, 0.25) is 0 Å². The van der Waals surface area contributed by atoms with Gasteiger partial charge in [0.1, 0.15) is 0 Å². The maximum absolute atomic E-state index is 13.8. The molecule has 2 aromatic heterocycles. The molecule has 1 aliphatic heterocycles. The molecule has 150 valence electrons. The number of aromatic nitrogens is 2. The molecule has 1 fully saturated rings. The highest BCUT2D eigenvalue weighted by Crippen LogP contribution is 2.46. The minimum atomic E-state index is -0.608. The summed E-state index contributed by atoms with van der Waals surface area (Å²) in [6.45, 7) is 0. The van der Waals surface area contributed by atoms with Gasteiger partial charge < -0.3 is 9.97 Å². The first-order valence-corrected chi connectivity index (χ1v) is 10.3. The lowest BCUT2D eigenvalue weighted by Crippen LogP contribution is -2.30. The molecule has 2 amide bonds. The molecule has 31 heavy (non-hydrogen) atoms. The summed E-state index contributed by atoms with van der Waals surface area (Å²) in [5.41, 5.74) is 4.21. The standard InChI is InChI=1S/C26H19N3O2/c30-25-23(19-14-27-21-12-6-4-10-17(19)21)24(20-15-28-22-13-7-5-11-18(20)22)26(31)29(25)16-8-2-1-3-9-16/h1-15,23-24,27-28H. The Morgan fingerprint density at radius 1 is 0.581 bits per heavy atom. The van der Waals surface area contributed by atoms with Gasteiger partial charge in [0.15, 0.2) is 0 Å². The number of H-pyrrole nitrogens is 2. The fourth-order valence-electron chi connectivity index (χ4n) is 4.83. The van der Waals surface area contributed by atoms with Gasteiger partial charge in [-0.3, -0.25) is 9.59 Å². The van der Waals surface area contributed by atoms with Gasteiger partial charge in [-0.25, -0.2) is 4.90 Å². The fourth-order valence-corrected chi connectivity index (χ4v) is 4.83. The van der Waals surface area contributed by atoms with Crippen molar-refractivity contribution >= 4 is 39.3 Å². The number of anilines is 1. The van der Waals surface area contributed by atoms with Crippen molar-refractivity contribution in [1.82, 2.24) is 9.97 Å². The monoisotopic (exact) mass is 405 g/mol. The van der Waals surface area contributed by atoms with E-state index in [0.717, 1.165) is 32.9 Å². The number of hydrogen-bond donors (Lipinski definition) is 2. The molecular weight excluding hydrogens is 386 g/mol. The molecule has 6 rings (SSSR count). The zero-order chi connectivity index (χ0) is 20.9. The molecule has 0 spiro atoms. The summed E-state index contributed by atoms with van der Waals surface area (Å²) in [5.74, 6) is -1.61. The van der Waals surface area contributed by atoms with Gasteiger partial charge in [-0.1, -0.05) is 54.6 Å². The highest BCUT2D eigenvalue weighted by atomic mass is 16.2. The third-order valence-corrected chi connectivity index (χ3v) is 6.23. The summed E-state index contributed by atoms with van der Waals surface area (Å²) in [6.07, 6.45) is 3.74. The number of amides is 2. The van der Waals surface area contributed by atoms with E-state index in [-0.39, 0.29) is 11.8 Å². The molecule has 0 saturated carbocycles. The van der Waals surface area contributed by atoms with Gasteiger partial charge >= 0.3 is 0 Å². The number of benzene rings is 3. The topological polar surface area (TPSA) is 69.0 Å². The molecule has 1 saturated heterocycles. The van der Waals surface area contributed by atoms with Gasteiger partial charge in [-0.2, -0.15) is 0 Å². The minimum absolute atomic E-state index is 0.198. The Morgan fingerprint density at radius 3 is 1.55 bits per heavy atom. The Balaban J connectivity index is 1.59. The lowest BCUT2D eigenvalue weighted by molar-refractivity contribution is -0.121. The highest BCUT2D eigenvalue weighted by molar-refractivity contribution is 6.26. The van der Waals surface area contributed by atoms with Crippen molar-refractivity contribution in [3.8, 4) is 0 Å². The molecule has 2 N–H and O–H groups in total. The molecule has 5 aromatic rings. The molecule has 2 atom stereocenters. The van der Waals surface area contributed by atoms with Gasteiger partial charge in [0, 0.05) is 34.2 Å². The third-order valence-electron chi connectivity index (χ3n) is 6.23. The van der Waals surface area contributed by atoms with E-state index in [2.05, 4.69) is 9.97 Å². The first kappa shape index (κ1) is 17.7. The van der Waals surface area contributed by atoms with Crippen LogP contribution in [0, 0.1) is 0 Å². The van der Waals surface area contributed by atoms with E-state index in [1.54, 1.807) is 12.1 Å². The molecule has 2 unspecified atom stereocenters. The highest BCUT2D eigenvalue weighted by Gasteiger charge is 2.51. The van der Waals surface area contributed by atoms with Crippen LogP contribution in [0.15, 0.2) is 91.3 Å². The number of rotatable bonds is 3. The Hall–Kier alpha value is -4.12. The van der Waals surface area contributed by atoms with Crippen molar-refractivity contribution in [2.45, 2.75) is 11.8 Å². The summed E-state index contributed by atoms with van der Waals surface area (Å²) in [7, 11) is 0. The van der Waals surface area contributed by atoms with E-state index in [1.807, 2.05) is 79.1 Å². The second kappa shape index (κ2) is 6.71. The van der Waals surface area contributed by atoms with Crippen LogP contribution in [0.4, 0.5) is 5.69 Å². The second-order valence-corrected chi connectivity index (χ2v) is 7.88. The lowest BCUT2D eigenvalue weighted by atomic mass is 9.83. The molecule has 5 nitrogen and oxygen atoms in total. The quantitative estimate of drug-likeness (QED) is 0.411. The van der Waals surface area contributed by atoms with E-state index in [9.17, 15) is 9.59 Å². The van der Waals surface area contributed by atoms with Crippen molar-refractivity contribution in [3.05, 3.63) is 102 Å². The maximum Gasteiger partial charge on any atom is 0.242 e. The average molecular weight is 405 g/mol. The Labute approximate surface area is 178 Å². The first-order valence-electron chi connectivity index (χ1n) is 10.3. The molecule has 0 bridgehead atoms. The normalized spacial score (nSPS) is 19.0. The summed E-state index contributed by atoms with van der Waals surface area (Å²) >= 11 is 0. The van der Waals surface area contributed by atoms with Crippen LogP contribution in [0.3, 0.4) is 0 Å². The van der Waals surface area contributed by atoms with Crippen LogP contribution >= 0.6 is 0 Å². The lowest BCUT2D eigenvalue weighted by Gasteiger charge is -2.14. The van der Waals surface area contributed by atoms with Gasteiger partial charge in [0.2, 0.25) is 11.8 Å². The predicted molar refractivity (Wildman–Crippen MR) is 121 cm³/mol. The van der Waals surface area contributed by atoms with E-state index < -0.39 is 11.8 Å². The van der Waals surface area contributed by atoms with E-state index in [4.69, 9.17) is 0 Å². The molecule has 3 heterocycles.